The first kappa shape index (κ1) is 32.3. The van der Waals surface area contributed by atoms with Crippen LogP contribution in [0.25, 0.3) is 55.9 Å². The van der Waals surface area contributed by atoms with Gasteiger partial charge in [-0.2, -0.15) is 0 Å². The Kier molecular flexibility index (Phi) is 10.1. The number of pyridine rings is 2. The third kappa shape index (κ3) is 8.80. The molecule has 8 rings (SSSR count). The first-order valence-corrected chi connectivity index (χ1v) is 19.1. The Bertz CT molecular complexity index is 2570. The van der Waals surface area contributed by atoms with Crippen LogP contribution in [0, 0.1) is 25.9 Å². The molecule has 1 fully saturated rings. The number of hydrogen-bond acceptors (Lipinski definition) is 2. The Morgan fingerprint density at radius 3 is 2.05 bits per heavy atom. The molecule has 0 N–H and O–H groups in total. The van der Waals surface area contributed by atoms with Gasteiger partial charge in [0.1, 0.15) is 0 Å². The van der Waals surface area contributed by atoms with Crippen LogP contribution in [-0.2, 0) is 32.9 Å². The molecule has 2 aromatic heterocycles. The maximum atomic E-state index is 8.92. The predicted octanol–water partition coefficient (Wildman–Crippen LogP) is 13.6. The Morgan fingerprint density at radius 1 is 0.691 bits per heavy atom. The van der Waals surface area contributed by atoms with Crippen LogP contribution in [0.2, 0.25) is 0 Å². The van der Waals surface area contributed by atoms with Gasteiger partial charge in [-0.3, -0.25) is 0 Å². The molecule has 3 heteroatoms. The zero-order valence-electron chi connectivity index (χ0n) is 36.7. The summed E-state index contributed by atoms with van der Waals surface area (Å²) in [5, 5.41) is 0. The fraction of sp³-hybridized carbons (Fsp3) is 0.231. The van der Waals surface area contributed by atoms with Gasteiger partial charge >= 0.3 is 0 Å². The van der Waals surface area contributed by atoms with Gasteiger partial charge in [0.2, 0.25) is 0 Å². The minimum absolute atomic E-state index is 0. The third-order valence-corrected chi connectivity index (χ3v) is 10.7. The fourth-order valence-electron chi connectivity index (χ4n) is 7.63. The van der Waals surface area contributed by atoms with Gasteiger partial charge < -0.3 is 9.97 Å². The molecule has 0 saturated heterocycles. The van der Waals surface area contributed by atoms with Crippen molar-refractivity contribution in [2.45, 2.75) is 77.9 Å². The summed E-state index contributed by atoms with van der Waals surface area (Å²) < 4.78 is 41.9. The zero-order valence-corrected chi connectivity index (χ0v) is 34.1. The Labute approximate surface area is 348 Å². The summed E-state index contributed by atoms with van der Waals surface area (Å²) in [5.74, 6) is -1.24. The van der Waals surface area contributed by atoms with E-state index >= 15 is 0 Å². The van der Waals surface area contributed by atoms with Crippen molar-refractivity contribution in [1.82, 2.24) is 9.97 Å². The van der Waals surface area contributed by atoms with Crippen molar-refractivity contribution in [3.05, 3.63) is 179 Å². The van der Waals surface area contributed by atoms with Crippen LogP contribution in [-0.4, -0.2) is 9.97 Å². The molecule has 1 aliphatic rings. The molecular formula is C52H48IrN2-2. The van der Waals surface area contributed by atoms with Gasteiger partial charge in [-0.1, -0.05) is 135 Å². The van der Waals surface area contributed by atoms with E-state index in [1.807, 2.05) is 68.4 Å². The average molecular weight is 898 g/mol. The Morgan fingerprint density at radius 2 is 1.38 bits per heavy atom. The quantitative estimate of drug-likeness (QED) is 0.128. The molecule has 5 aromatic carbocycles. The molecule has 1 radical (unpaired) electrons. The van der Waals surface area contributed by atoms with Crippen molar-refractivity contribution in [1.29, 1.82) is 0 Å². The van der Waals surface area contributed by atoms with Crippen molar-refractivity contribution in [3.8, 4) is 55.9 Å². The van der Waals surface area contributed by atoms with E-state index in [0.29, 0.717) is 11.3 Å². The molecule has 1 aliphatic carbocycles. The summed E-state index contributed by atoms with van der Waals surface area (Å²) in [4.78, 5) is 9.21. The molecule has 0 atom stereocenters. The Hall–Kier alpha value is -4.95. The number of aromatic nitrogens is 2. The molecule has 7 aromatic rings. The summed E-state index contributed by atoms with van der Waals surface area (Å²) in [5.41, 5.74) is 14.9. The first-order valence-electron chi connectivity index (χ1n) is 21.6. The second-order valence-corrected chi connectivity index (χ2v) is 14.8. The average Bonchev–Trinajstić information content (AvgIpc) is 3.69. The molecular weight excluding hydrogens is 845 g/mol. The van der Waals surface area contributed by atoms with Crippen molar-refractivity contribution in [2.24, 2.45) is 0 Å². The van der Waals surface area contributed by atoms with Crippen molar-refractivity contribution in [3.63, 3.8) is 0 Å². The van der Waals surface area contributed by atoms with Gasteiger partial charge in [0, 0.05) is 39.4 Å². The van der Waals surface area contributed by atoms with E-state index in [1.54, 1.807) is 6.20 Å². The second kappa shape index (κ2) is 17.2. The van der Waals surface area contributed by atoms with Crippen molar-refractivity contribution >= 4 is 0 Å². The van der Waals surface area contributed by atoms with Crippen LogP contribution in [0.1, 0.15) is 91.6 Å². The number of benzene rings is 5. The molecule has 2 heterocycles. The minimum Gasteiger partial charge on any atom is -0.304 e. The monoisotopic (exact) mass is 898 g/mol. The standard InChI is InChI=1S/C52H48N2.Ir/c1-35(2)46-27-28-51(54-34-46)44-17-15-38(16-18-44)13-14-39-29-36(3)30-47(31-39)49-12-8-7-11-48(49)42-23-25-45(26-24-42)52-32-50(37(4)33-53-52)43-21-19-41(20-22-43)40-9-5-6-10-40;/h7-8,11-12,15-17,19-25,27-35,40H,5-6,9-10,13-14H2,1-4H3;/q-2;/i4D3,35D,40D;. The van der Waals surface area contributed by atoms with E-state index < -0.39 is 18.6 Å². The molecule has 2 nitrogen and oxygen atoms in total. The maximum absolute atomic E-state index is 8.92. The van der Waals surface area contributed by atoms with Gasteiger partial charge in [0.25, 0.3) is 0 Å². The molecule has 1 saturated carbocycles. The largest absolute Gasteiger partial charge is 0.304 e. The number of rotatable bonds is 10. The van der Waals surface area contributed by atoms with Crippen LogP contribution < -0.4 is 0 Å². The van der Waals surface area contributed by atoms with Crippen LogP contribution >= 0.6 is 0 Å². The van der Waals surface area contributed by atoms with Crippen molar-refractivity contribution < 1.29 is 27.0 Å². The Balaban J connectivity index is 0.00000544. The van der Waals surface area contributed by atoms with Crippen molar-refractivity contribution in [2.75, 3.05) is 0 Å². The van der Waals surface area contributed by atoms with Gasteiger partial charge in [-0.15, -0.1) is 65.2 Å². The minimum atomic E-state index is -2.33. The maximum Gasteiger partial charge on any atom is 0.0352 e. The fourth-order valence-corrected chi connectivity index (χ4v) is 7.63. The second-order valence-electron chi connectivity index (χ2n) is 14.8. The first-order chi connectivity index (χ1) is 28.2. The molecule has 0 bridgehead atoms. The number of hydrogen-bond donors (Lipinski definition) is 0. The molecule has 0 amide bonds. The van der Waals surface area contributed by atoms with Gasteiger partial charge in [-0.05, 0) is 101 Å². The van der Waals surface area contributed by atoms with E-state index in [-0.39, 0.29) is 25.7 Å². The molecule has 0 unspecified atom stereocenters. The van der Waals surface area contributed by atoms with Crippen LogP contribution in [0.3, 0.4) is 0 Å². The summed E-state index contributed by atoms with van der Waals surface area (Å²) in [7, 11) is 0. The summed E-state index contributed by atoms with van der Waals surface area (Å²) in [6.45, 7) is 3.56. The van der Waals surface area contributed by atoms with E-state index in [9.17, 15) is 0 Å². The molecule has 277 valence electrons. The van der Waals surface area contributed by atoms with Gasteiger partial charge in [-0.25, -0.2) is 0 Å². The van der Waals surface area contributed by atoms with E-state index in [0.717, 1.165) is 94.3 Å². The SMILES string of the molecule is [2H]C([2H])([2H])c1cnc(-c2[c-]cc(-c3ccccc3-c3cc(C)cc(CCc4c[c-]c(-c5ccc(C([2H])(C)C)cn5)cc4)c3)cc2)cc1-c1ccc(C2([2H])CCCC2)cc1.[Ir]. The molecule has 0 aliphatic heterocycles. The summed E-state index contributed by atoms with van der Waals surface area (Å²) in [6, 6.07) is 48.2. The topological polar surface area (TPSA) is 25.8 Å². The normalized spacial score (nSPS) is 15.2. The number of aryl methyl sites for hydroxylation is 4. The van der Waals surface area contributed by atoms with Crippen LogP contribution in [0.5, 0.6) is 0 Å². The summed E-state index contributed by atoms with van der Waals surface area (Å²) in [6.07, 6.45) is 8.88. The number of nitrogens with zero attached hydrogens (tertiary/aromatic N) is 2. The van der Waals surface area contributed by atoms with E-state index in [2.05, 4.69) is 95.8 Å². The zero-order chi connectivity index (χ0) is 41.4. The van der Waals surface area contributed by atoms with Gasteiger partial charge in [0.15, 0.2) is 0 Å². The molecule has 0 spiro atoms. The van der Waals surface area contributed by atoms with Gasteiger partial charge in [0.05, 0.1) is 0 Å². The summed E-state index contributed by atoms with van der Waals surface area (Å²) >= 11 is 0. The van der Waals surface area contributed by atoms with E-state index in [1.165, 1.54) is 22.9 Å². The molecule has 55 heavy (non-hydrogen) atoms. The predicted molar refractivity (Wildman–Crippen MR) is 226 cm³/mol. The smallest absolute Gasteiger partial charge is 0.0352 e. The third-order valence-electron chi connectivity index (χ3n) is 10.7. The van der Waals surface area contributed by atoms with E-state index in [4.69, 9.17) is 6.85 Å². The van der Waals surface area contributed by atoms with Crippen LogP contribution in [0.15, 0.2) is 134 Å². The van der Waals surface area contributed by atoms with Crippen LogP contribution in [0.4, 0.5) is 0 Å².